The van der Waals surface area contributed by atoms with Crippen LogP contribution in [0.2, 0.25) is 0 Å². The first kappa shape index (κ1) is 34.2. The molecule has 0 spiro atoms. The molecule has 4 aromatic rings. The van der Waals surface area contributed by atoms with Gasteiger partial charge in [0.05, 0.1) is 28.5 Å². The summed E-state index contributed by atoms with van der Waals surface area (Å²) in [4.78, 5) is 39.0. The van der Waals surface area contributed by atoms with E-state index in [1.807, 2.05) is 29.4 Å². The van der Waals surface area contributed by atoms with Gasteiger partial charge in [0.15, 0.2) is 0 Å². The summed E-state index contributed by atoms with van der Waals surface area (Å²) in [5.41, 5.74) is 5.84. The second-order valence-corrected chi connectivity index (χ2v) is 13.6. The van der Waals surface area contributed by atoms with Crippen molar-refractivity contribution < 1.29 is 9.53 Å². The number of carbonyl (C=O) groups is 1. The molecule has 4 heterocycles. The van der Waals surface area contributed by atoms with Crippen molar-refractivity contribution in [1.29, 1.82) is 0 Å². The number of nitrogens with zero attached hydrogens (tertiary/aromatic N) is 7. The number of nitrogens with one attached hydrogen (secondary N) is 3. The van der Waals surface area contributed by atoms with E-state index in [1.165, 1.54) is 11.9 Å². The average Bonchev–Trinajstić information content (AvgIpc) is 3.12. The Kier molecular flexibility index (Phi) is 11.1. The summed E-state index contributed by atoms with van der Waals surface area (Å²) >= 11 is 5.07. The number of piperazine rings is 1. The number of fused-ring (bicyclic) bond motifs is 1. The first-order valence-electron chi connectivity index (χ1n) is 16.4. The van der Waals surface area contributed by atoms with Gasteiger partial charge in [-0.05, 0) is 72.1 Å². The lowest BCUT2D eigenvalue weighted by Gasteiger charge is -2.42. The number of hydrogen-bond donors (Lipinski definition) is 3. The van der Waals surface area contributed by atoms with Crippen LogP contribution in [0, 0.1) is 0 Å². The van der Waals surface area contributed by atoms with Crippen LogP contribution in [0.25, 0.3) is 11.0 Å². The zero-order chi connectivity index (χ0) is 33.6. The van der Waals surface area contributed by atoms with E-state index in [-0.39, 0.29) is 5.91 Å². The van der Waals surface area contributed by atoms with Crippen LogP contribution < -0.4 is 20.1 Å². The van der Waals surface area contributed by atoms with Gasteiger partial charge in [0, 0.05) is 87.8 Å². The summed E-state index contributed by atoms with van der Waals surface area (Å²) in [6.45, 7) is 8.53. The number of benzene rings is 2. The van der Waals surface area contributed by atoms with Crippen LogP contribution in [0.5, 0.6) is 5.75 Å². The molecule has 14 heteroatoms. The molecule has 2 saturated heterocycles. The van der Waals surface area contributed by atoms with Crippen molar-refractivity contribution in [3.05, 3.63) is 64.0 Å². The van der Waals surface area contributed by atoms with Gasteiger partial charge in [-0.25, -0.2) is 4.98 Å². The fourth-order valence-electron chi connectivity index (χ4n) is 6.47. The number of carbonyl (C=O) groups excluding carboxylic acids is 1. The van der Waals surface area contributed by atoms with Gasteiger partial charge in [0.2, 0.25) is 5.95 Å². The van der Waals surface area contributed by atoms with Gasteiger partial charge in [-0.3, -0.25) is 19.7 Å². The summed E-state index contributed by atoms with van der Waals surface area (Å²) < 4.78 is 9.85. The Bertz CT molecular complexity index is 1750. The van der Waals surface area contributed by atoms with Crippen molar-refractivity contribution in [3.8, 4) is 5.75 Å². The van der Waals surface area contributed by atoms with Crippen LogP contribution in [-0.2, 0) is 13.0 Å². The maximum Gasteiger partial charge on any atom is 0.254 e. The van der Waals surface area contributed by atoms with Crippen LogP contribution >= 0.6 is 27.9 Å². The molecule has 3 N–H and O–H groups in total. The zero-order valence-corrected chi connectivity index (χ0v) is 30.3. The van der Waals surface area contributed by atoms with E-state index in [9.17, 15) is 4.79 Å². The van der Waals surface area contributed by atoms with E-state index in [4.69, 9.17) is 9.72 Å². The zero-order valence-electron chi connectivity index (χ0n) is 27.9. The molecule has 0 bridgehead atoms. The van der Waals surface area contributed by atoms with Crippen molar-refractivity contribution in [2.75, 3.05) is 75.0 Å². The van der Waals surface area contributed by atoms with Gasteiger partial charge in [-0.2, -0.15) is 4.98 Å². The van der Waals surface area contributed by atoms with Crippen LogP contribution in [-0.4, -0.2) is 106 Å². The maximum absolute atomic E-state index is 13.8. The van der Waals surface area contributed by atoms with Gasteiger partial charge in [0.1, 0.15) is 17.1 Å². The van der Waals surface area contributed by atoms with Gasteiger partial charge >= 0.3 is 0 Å². The Morgan fingerprint density at radius 3 is 2.54 bits per heavy atom. The number of ether oxygens (including phenoxy) is 1. The highest BCUT2D eigenvalue weighted by Gasteiger charge is 2.30. The first-order valence-corrected chi connectivity index (χ1v) is 18.4. The van der Waals surface area contributed by atoms with Crippen LogP contribution in [0.4, 0.5) is 23.1 Å². The van der Waals surface area contributed by atoms with Gasteiger partial charge < -0.3 is 29.9 Å². The number of halogens is 1. The molecule has 2 aromatic carbocycles. The number of likely N-dealkylation sites (N-methyl/N-ethyl adjacent to an activating group) is 1. The third-order valence-corrected chi connectivity index (χ3v) is 10.2. The lowest BCUT2D eigenvalue weighted by molar-refractivity contribution is 0.0518. The normalized spacial score (nSPS) is 16.2. The van der Waals surface area contributed by atoms with E-state index < -0.39 is 0 Å². The maximum atomic E-state index is 13.8. The highest BCUT2D eigenvalue weighted by Crippen LogP contribution is 2.35. The van der Waals surface area contributed by atoms with E-state index in [0.717, 1.165) is 97.6 Å². The number of methoxy groups -OCH3 is 1. The summed E-state index contributed by atoms with van der Waals surface area (Å²) in [7, 11) is 3.83. The summed E-state index contributed by atoms with van der Waals surface area (Å²) in [6.07, 6.45) is 9.80. The molecule has 2 aliphatic rings. The Hall–Kier alpha value is -3.72. The minimum atomic E-state index is 0.0865. The third-order valence-electron chi connectivity index (χ3n) is 9.20. The van der Waals surface area contributed by atoms with Crippen molar-refractivity contribution in [2.45, 2.75) is 38.8 Å². The summed E-state index contributed by atoms with van der Waals surface area (Å²) in [6, 6.07) is 8.41. The van der Waals surface area contributed by atoms with Gasteiger partial charge in [-0.15, -0.1) is 0 Å². The minimum absolute atomic E-state index is 0.0865. The van der Waals surface area contributed by atoms with Crippen molar-refractivity contribution in [3.63, 3.8) is 0 Å². The molecular formula is C34H43BrN10O2S. The number of amides is 1. The van der Waals surface area contributed by atoms with E-state index in [1.54, 1.807) is 25.7 Å². The number of rotatable bonds is 11. The Labute approximate surface area is 294 Å². The smallest absolute Gasteiger partial charge is 0.254 e. The monoisotopic (exact) mass is 734 g/mol. The summed E-state index contributed by atoms with van der Waals surface area (Å²) in [5.74, 6) is 1.79. The molecule has 1 amide bonds. The molecule has 0 atom stereocenters. The fraction of sp³-hybridized carbons (Fsp3) is 0.441. The minimum Gasteiger partial charge on any atom is -0.496 e. The SMILES string of the molecule is CCc1cc(CNc2ncc(Br)c(Nc3ccc4nccnc4c3NSC)n2)c(OC)cc1C(=O)N1CCC(N2CCN(C)CC2)CC1. The van der Waals surface area contributed by atoms with Crippen molar-refractivity contribution >= 4 is 68.0 Å². The molecule has 0 radical (unpaired) electrons. The first-order chi connectivity index (χ1) is 23.4. The number of anilines is 4. The number of hydrogen-bond acceptors (Lipinski definition) is 12. The predicted molar refractivity (Wildman–Crippen MR) is 197 cm³/mol. The molecule has 12 nitrogen and oxygen atoms in total. The lowest BCUT2D eigenvalue weighted by Crippen LogP contribution is -2.53. The van der Waals surface area contributed by atoms with Gasteiger partial charge in [0.25, 0.3) is 5.91 Å². The third kappa shape index (κ3) is 7.61. The molecule has 6 rings (SSSR count). The Morgan fingerprint density at radius 2 is 1.81 bits per heavy atom. The van der Waals surface area contributed by atoms with Crippen LogP contribution in [0.1, 0.15) is 41.3 Å². The highest BCUT2D eigenvalue weighted by molar-refractivity contribution is 9.10. The van der Waals surface area contributed by atoms with Crippen LogP contribution in [0.3, 0.4) is 0 Å². The number of likely N-dealkylation sites (tertiary alicyclic amines) is 1. The molecule has 0 unspecified atom stereocenters. The van der Waals surface area contributed by atoms with E-state index in [0.29, 0.717) is 34.6 Å². The Balaban J connectivity index is 1.14. The second-order valence-electron chi connectivity index (χ2n) is 12.1. The lowest BCUT2D eigenvalue weighted by atomic mass is 9.97. The standard InChI is InChI=1S/C34H43BrN10O2S/c1-5-22-18-23(29(47-3)19-25(22)33(46)45-12-8-24(9-13-45)44-16-14-43(2)15-17-44)20-38-34-39-21-26(35)32(41-34)40-28-7-6-27-30(31(28)42-48-4)37-11-10-36-27/h6-7,10-11,18-19,21,24,42H,5,8-9,12-17,20H2,1-4H3,(H2,38,39,40,41). The molecule has 0 saturated carbocycles. The molecule has 2 fully saturated rings. The fourth-order valence-corrected chi connectivity index (χ4v) is 7.18. The number of aryl methyl sites for hydroxylation is 1. The average molecular weight is 736 g/mol. The molecule has 48 heavy (non-hydrogen) atoms. The molecule has 2 aliphatic heterocycles. The predicted octanol–water partition coefficient (Wildman–Crippen LogP) is 5.65. The second kappa shape index (κ2) is 15.7. The van der Waals surface area contributed by atoms with E-state index >= 15 is 0 Å². The van der Waals surface area contributed by atoms with Crippen LogP contribution in [0.15, 0.2) is 47.3 Å². The highest BCUT2D eigenvalue weighted by atomic mass is 79.9. The summed E-state index contributed by atoms with van der Waals surface area (Å²) in [5, 5.41) is 6.77. The number of piperidine rings is 1. The number of aromatic nitrogens is 4. The van der Waals surface area contributed by atoms with E-state index in [2.05, 4.69) is 76.1 Å². The molecule has 2 aromatic heterocycles. The van der Waals surface area contributed by atoms with Gasteiger partial charge in [-0.1, -0.05) is 18.9 Å². The molecular weight excluding hydrogens is 692 g/mol. The molecule has 254 valence electrons. The quantitative estimate of drug-likeness (QED) is 0.165. The Morgan fingerprint density at radius 1 is 1.04 bits per heavy atom. The topological polar surface area (TPSA) is 124 Å². The largest absolute Gasteiger partial charge is 0.496 e. The van der Waals surface area contributed by atoms with Crippen molar-refractivity contribution in [1.82, 2.24) is 34.6 Å². The van der Waals surface area contributed by atoms with Crippen molar-refractivity contribution in [2.24, 2.45) is 0 Å². The molecule has 0 aliphatic carbocycles.